The zero-order valence-corrected chi connectivity index (χ0v) is 11.4. The molecule has 2 rings (SSSR count). The van der Waals surface area contributed by atoms with Crippen molar-refractivity contribution < 1.29 is 13.2 Å². The molecule has 1 aliphatic rings. The summed E-state index contributed by atoms with van der Waals surface area (Å²) in [6.07, 6.45) is -3.43. The van der Waals surface area contributed by atoms with Crippen molar-refractivity contribution in [2.75, 3.05) is 24.5 Å². The van der Waals surface area contributed by atoms with Crippen LogP contribution in [0.25, 0.3) is 0 Å². The van der Waals surface area contributed by atoms with Crippen LogP contribution in [0.1, 0.15) is 18.9 Å². The second-order valence-corrected chi connectivity index (χ2v) is 5.03. The molecule has 1 N–H and O–H groups in total. The van der Waals surface area contributed by atoms with Crippen LogP contribution in [0, 0.1) is 0 Å². The molecule has 19 heavy (non-hydrogen) atoms. The SMILES string of the molecule is CCC1CNCCN1c1ccc(C(F)(F)F)cc1Cl. The summed E-state index contributed by atoms with van der Waals surface area (Å²) < 4.78 is 37.8. The molecule has 0 spiro atoms. The number of nitrogens with one attached hydrogen (secondary N) is 1. The van der Waals surface area contributed by atoms with Crippen molar-refractivity contribution >= 4 is 17.3 Å². The van der Waals surface area contributed by atoms with Crippen molar-refractivity contribution in [3.63, 3.8) is 0 Å². The Hall–Kier alpha value is -0.940. The summed E-state index contributed by atoms with van der Waals surface area (Å²) in [5.74, 6) is 0. The molecule has 1 heterocycles. The second kappa shape index (κ2) is 5.59. The van der Waals surface area contributed by atoms with Gasteiger partial charge < -0.3 is 10.2 Å². The lowest BCUT2D eigenvalue weighted by Crippen LogP contribution is -2.51. The highest BCUT2D eigenvalue weighted by Gasteiger charge is 2.32. The molecular weight excluding hydrogens is 277 g/mol. The number of benzene rings is 1. The maximum atomic E-state index is 12.6. The van der Waals surface area contributed by atoms with Crippen LogP contribution in [0.3, 0.4) is 0 Å². The lowest BCUT2D eigenvalue weighted by molar-refractivity contribution is -0.137. The summed E-state index contributed by atoms with van der Waals surface area (Å²) in [4.78, 5) is 2.08. The van der Waals surface area contributed by atoms with Crippen LogP contribution in [0.5, 0.6) is 0 Å². The highest BCUT2D eigenvalue weighted by molar-refractivity contribution is 6.33. The lowest BCUT2D eigenvalue weighted by atomic mass is 10.1. The molecule has 0 amide bonds. The number of alkyl halides is 3. The largest absolute Gasteiger partial charge is 0.416 e. The Morgan fingerprint density at radius 1 is 1.42 bits per heavy atom. The molecule has 2 nitrogen and oxygen atoms in total. The maximum absolute atomic E-state index is 12.6. The van der Waals surface area contributed by atoms with Gasteiger partial charge >= 0.3 is 6.18 Å². The Kier molecular flexibility index (Phi) is 4.26. The van der Waals surface area contributed by atoms with Gasteiger partial charge in [0, 0.05) is 25.7 Å². The predicted octanol–water partition coefficient (Wildman–Crippen LogP) is 3.55. The van der Waals surface area contributed by atoms with Gasteiger partial charge in [0.1, 0.15) is 0 Å². The van der Waals surface area contributed by atoms with Crippen LogP contribution < -0.4 is 10.2 Å². The van der Waals surface area contributed by atoms with Crippen LogP contribution in [0.15, 0.2) is 18.2 Å². The van der Waals surface area contributed by atoms with E-state index in [4.69, 9.17) is 11.6 Å². The van der Waals surface area contributed by atoms with Gasteiger partial charge in [-0.2, -0.15) is 13.2 Å². The van der Waals surface area contributed by atoms with E-state index in [1.165, 1.54) is 6.07 Å². The number of anilines is 1. The molecule has 1 atom stereocenters. The number of hydrogen-bond acceptors (Lipinski definition) is 2. The average Bonchev–Trinajstić information content (AvgIpc) is 2.37. The number of nitrogens with zero attached hydrogens (tertiary/aromatic N) is 1. The summed E-state index contributed by atoms with van der Waals surface area (Å²) in [5, 5.41) is 3.44. The van der Waals surface area contributed by atoms with E-state index in [0.717, 1.165) is 38.2 Å². The molecule has 0 aliphatic carbocycles. The fraction of sp³-hybridized carbons (Fsp3) is 0.538. The first kappa shape index (κ1) is 14.5. The molecule has 1 fully saturated rings. The standard InChI is InChI=1S/C13H16ClF3N2/c1-2-10-8-18-5-6-19(10)12-4-3-9(7-11(12)14)13(15,16)17/h3-4,7,10,18H,2,5-6,8H2,1H3. The van der Waals surface area contributed by atoms with Crippen LogP contribution in [-0.4, -0.2) is 25.7 Å². The summed E-state index contributed by atoms with van der Waals surface area (Å²) in [5.41, 5.74) is -0.0209. The Labute approximate surface area is 115 Å². The number of piperazine rings is 1. The molecule has 106 valence electrons. The summed E-state index contributed by atoms with van der Waals surface area (Å²) >= 11 is 6.03. The van der Waals surface area contributed by atoms with Crippen molar-refractivity contribution in [1.29, 1.82) is 0 Å². The fourth-order valence-corrected chi connectivity index (χ4v) is 2.65. The predicted molar refractivity (Wildman–Crippen MR) is 70.7 cm³/mol. The first-order valence-corrected chi connectivity index (χ1v) is 6.65. The molecule has 1 saturated heterocycles. The van der Waals surface area contributed by atoms with Crippen molar-refractivity contribution in [3.05, 3.63) is 28.8 Å². The molecule has 0 bridgehead atoms. The van der Waals surface area contributed by atoms with Crippen molar-refractivity contribution in [2.45, 2.75) is 25.6 Å². The number of rotatable bonds is 2. The van der Waals surface area contributed by atoms with Gasteiger partial charge in [-0.3, -0.25) is 0 Å². The molecule has 1 aromatic rings. The smallest absolute Gasteiger partial charge is 0.365 e. The fourth-order valence-electron chi connectivity index (χ4n) is 2.36. The first-order chi connectivity index (χ1) is 8.93. The molecule has 0 saturated carbocycles. The van der Waals surface area contributed by atoms with E-state index in [9.17, 15) is 13.2 Å². The van der Waals surface area contributed by atoms with Crippen molar-refractivity contribution in [1.82, 2.24) is 5.32 Å². The van der Waals surface area contributed by atoms with E-state index in [-0.39, 0.29) is 11.1 Å². The third-order valence-corrected chi connectivity index (χ3v) is 3.71. The van der Waals surface area contributed by atoms with Crippen molar-refractivity contribution in [3.8, 4) is 0 Å². The summed E-state index contributed by atoms with van der Waals surface area (Å²) in [6, 6.07) is 3.84. The van der Waals surface area contributed by atoms with Gasteiger partial charge in [-0.1, -0.05) is 18.5 Å². The molecule has 6 heteroatoms. The van der Waals surface area contributed by atoms with Gasteiger partial charge in [-0.15, -0.1) is 0 Å². The molecular formula is C13H16ClF3N2. The summed E-state index contributed by atoms with van der Waals surface area (Å²) in [6.45, 7) is 4.45. The zero-order chi connectivity index (χ0) is 14.0. The van der Waals surface area contributed by atoms with E-state index in [1.807, 2.05) is 0 Å². The Bertz CT molecular complexity index is 448. The van der Waals surface area contributed by atoms with Crippen LogP contribution in [0.4, 0.5) is 18.9 Å². The van der Waals surface area contributed by atoms with Gasteiger partial charge in [0.05, 0.1) is 16.3 Å². The Balaban J connectivity index is 2.30. The monoisotopic (exact) mass is 292 g/mol. The normalized spacial score (nSPS) is 20.7. The lowest BCUT2D eigenvalue weighted by Gasteiger charge is -2.38. The van der Waals surface area contributed by atoms with E-state index in [1.54, 1.807) is 0 Å². The zero-order valence-electron chi connectivity index (χ0n) is 10.6. The third kappa shape index (κ3) is 3.15. The quantitative estimate of drug-likeness (QED) is 0.897. The first-order valence-electron chi connectivity index (χ1n) is 6.27. The van der Waals surface area contributed by atoms with Gasteiger partial charge in [0.25, 0.3) is 0 Å². The van der Waals surface area contributed by atoms with E-state index < -0.39 is 11.7 Å². The molecule has 0 aromatic heterocycles. The highest BCUT2D eigenvalue weighted by Crippen LogP contribution is 2.36. The van der Waals surface area contributed by atoms with Gasteiger partial charge in [-0.05, 0) is 24.6 Å². The van der Waals surface area contributed by atoms with Gasteiger partial charge in [0.15, 0.2) is 0 Å². The van der Waals surface area contributed by atoms with E-state index >= 15 is 0 Å². The van der Waals surface area contributed by atoms with E-state index in [0.29, 0.717) is 5.69 Å². The van der Waals surface area contributed by atoms with Gasteiger partial charge in [-0.25, -0.2) is 0 Å². The molecule has 1 aliphatic heterocycles. The molecule has 1 unspecified atom stereocenters. The van der Waals surface area contributed by atoms with Crippen LogP contribution in [0.2, 0.25) is 5.02 Å². The Morgan fingerprint density at radius 2 is 2.16 bits per heavy atom. The highest BCUT2D eigenvalue weighted by atomic mass is 35.5. The van der Waals surface area contributed by atoms with Crippen LogP contribution in [-0.2, 0) is 6.18 Å². The number of hydrogen-bond donors (Lipinski definition) is 1. The minimum atomic E-state index is -4.35. The van der Waals surface area contributed by atoms with Crippen molar-refractivity contribution in [2.24, 2.45) is 0 Å². The minimum Gasteiger partial charge on any atom is -0.365 e. The number of halogens is 4. The maximum Gasteiger partial charge on any atom is 0.416 e. The Morgan fingerprint density at radius 3 is 2.74 bits per heavy atom. The molecule has 0 radical (unpaired) electrons. The summed E-state index contributed by atoms with van der Waals surface area (Å²) in [7, 11) is 0. The van der Waals surface area contributed by atoms with E-state index in [2.05, 4.69) is 17.1 Å². The average molecular weight is 293 g/mol. The van der Waals surface area contributed by atoms with Crippen LogP contribution >= 0.6 is 11.6 Å². The van der Waals surface area contributed by atoms with Gasteiger partial charge in [0.2, 0.25) is 0 Å². The topological polar surface area (TPSA) is 15.3 Å². The minimum absolute atomic E-state index is 0.162. The third-order valence-electron chi connectivity index (χ3n) is 3.41. The molecule has 1 aromatic carbocycles. The second-order valence-electron chi connectivity index (χ2n) is 4.62.